The van der Waals surface area contributed by atoms with Gasteiger partial charge in [0.25, 0.3) is 0 Å². The summed E-state index contributed by atoms with van der Waals surface area (Å²) in [7, 11) is 2.40. The maximum Gasteiger partial charge on any atom is 0.404 e. The minimum absolute atomic E-state index is 0.0787. The van der Waals surface area contributed by atoms with Crippen LogP contribution in [0.2, 0.25) is 0 Å². The van der Waals surface area contributed by atoms with Gasteiger partial charge in [0.2, 0.25) is 0 Å². The molecule has 0 saturated carbocycles. The second-order valence-corrected chi connectivity index (χ2v) is 4.21. The Morgan fingerprint density at radius 1 is 1.50 bits per heavy atom. The third-order valence-electron chi connectivity index (χ3n) is 0.786. The molecule has 10 heavy (non-hydrogen) atoms. The van der Waals surface area contributed by atoms with Crippen LogP contribution < -0.4 is 5.73 Å². The molecule has 0 heterocycles. The molecule has 0 radical (unpaired) electrons. The van der Waals surface area contributed by atoms with Crippen LogP contribution in [-0.4, -0.2) is 24.2 Å². The van der Waals surface area contributed by atoms with Gasteiger partial charge in [-0.15, -0.1) is 0 Å². The molecule has 0 aromatic carbocycles. The molecule has 0 saturated heterocycles. The second kappa shape index (κ2) is 4.35. The maximum atomic E-state index is 11.6. The Labute approximate surface area is 65.3 Å². The summed E-state index contributed by atoms with van der Waals surface area (Å²) in [5.41, 5.74) is 4.78. The fourth-order valence-electron chi connectivity index (χ4n) is 0.236. The van der Waals surface area contributed by atoms with Crippen molar-refractivity contribution in [3.63, 3.8) is 0 Å². The van der Waals surface area contributed by atoms with Crippen LogP contribution in [0.3, 0.4) is 0 Å². The van der Waals surface area contributed by atoms with Crippen molar-refractivity contribution >= 4 is 21.6 Å². The number of hydrogen-bond acceptors (Lipinski definition) is 3. The molecule has 6 heteroatoms. The molecule has 1 unspecified atom stereocenters. The van der Waals surface area contributed by atoms with Crippen LogP contribution in [0.15, 0.2) is 0 Å². The van der Waals surface area contributed by atoms with Gasteiger partial charge in [0.1, 0.15) is 6.04 Å². The van der Waals surface area contributed by atoms with Gasteiger partial charge in [0.05, 0.1) is 0 Å². The summed E-state index contributed by atoms with van der Waals surface area (Å²) in [6.45, 7) is 0. The summed E-state index contributed by atoms with van der Waals surface area (Å²) in [4.78, 5) is 0. The highest BCUT2D eigenvalue weighted by atomic mass is 33.1. The molecular formula is C4H8F3NS2. The molecule has 0 amide bonds. The average molecular weight is 191 g/mol. The standard InChI is InChI=1S/C4H8F3NS2/c1-9-10-2-3(8)4(5,6)7/h3H,2,8H2,1H3. The first-order valence-electron chi connectivity index (χ1n) is 2.46. The van der Waals surface area contributed by atoms with Crippen molar-refractivity contribution in [1.82, 2.24) is 0 Å². The minimum atomic E-state index is -4.25. The lowest BCUT2D eigenvalue weighted by molar-refractivity contribution is -0.142. The second-order valence-electron chi connectivity index (χ2n) is 1.60. The van der Waals surface area contributed by atoms with Gasteiger partial charge < -0.3 is 5.73 Å². The zero-order chi connectivity index (χ0) is 8.20. The third-order valence-corrected chi connectivity index (χ3v) is 2.63. The normalized spacial score (nSPS) is 15.3. The van der Waals surface area contributed by atoms with Crippen LogP contribution in [-0.2, 0) is 0 Å². The van der Waals surface area contributed by atoms with Gasteiger partial charge in [-0.3, -0.25) is 0 Å². The largest absolute Gasteiger partial charge is 0.404 e. The lowest BCUT2D eigenvalue weighted by Gasteiger charge is -2.13. The fraction of sp³-hybridized carbons (Fsp3) is 1.00. The number of halogens is 3. The average Bonchev–Trinajstić information content (AvgIpc) is 1.80. The van der Waals surface area contributed by atoms with Crippen molar-refractivity contribution < 1.29 is 13.2 Å². The van der Waals surface area contributed by atoms with E-state index in [0.717, 1.165) is 10.8 Å². The van der Waals surface area contributed by atoms with Gasteiger partial charge in [-0.05, 0) is 6.26 Å². The van der Waals surface area contributed by atoms with E-state index in [1.54, 1.807) is 6.26 Å². The number of rotatable bonds is 3. The van der Waals surface area contributed by atoms with Crippen LogP contribution in [0, 0.1) is 0 Å². The first kappa shape index (κ1) is 10.4. The van der Waals surface area contributed by atoms with Crippen molar-refractivity contribution in [3.05, 3.63) is 0 Å². The van der Waals surface area contributed by atoms with Gasteiger partial charge in [-0.25, -0.2) is 0 Å². The van der Waals surface area contributed by atoms with Crippen molar-refractivity contribution in [3.8, 4) is 0 Å². The highest BCUT2D eigenvalue weighted by Crippen LogP contribution is 2.25. The predicted octanol–water partition coefficient (Wildman–Crippen LogP) is 1.89. The summed E-state index contributed by atoms with van der Waals surface area (Å²) in [6, 6.07) is -1.69. The Kier molecular flexibility index (Phi) is 4.55. The first-order valence-corrected chi connectivity index (χ1v) is 5.19. The molecule has 0 aliphatic carbocycles. The van der Waals surface area contributed by atoms with E-state index in [9.17, 15) is 13.2 Å². The first-order chi connectivity index (χ1) is 4.48. The van der Waals surface area contributed by atoms with Crippen LogP contribution in [0.5, 0.6) is 0 Å². The maximum absolute atomic E-state index is 11.6. The monoisotopic (exact) mass is 191 g/mol. The minimum Gasteiger partial charge on any atom is -0.319 e. The topological polar surface area (TPSA) is 26.0 Å². The highest BCUT2D eigenvalue weighted by molar-refractivity contribution is 8.76. The quantitative estimate of drug-likeness (QED) is 0.690. The molecule has 0 bridgehead atoms. The molecule has 0 spiro atoms. The molecular weight excluding hydrogens is 183 g/mol. The molecule has 0 aliphatic heterocycles. The van der Waals surface area contributed by atoms with Crippen LogP contribution in [0.1, 0.15) is 0 Å². The molecule has 0 rings (SSSR count). The van der Waals surface area contributed by atoms with E-state index in [-0.39, 0.29) is 5.75 Å². The molecule has 62 valence electrons. The zero-order valence-corrected chi connectivity index (χ0v) is 6.95. The third kappa shape index (κ3) is 4.29. The molecule has 1 atom stereocenters. The lowest BCUT2D eigenvalue weighted by atomic mass is 10.4. The molecule has 1 nitrogen and oxygen atoms in total. The lowest BCUT2D eigenvalue weighted by Crippen LogP contribution is -2.39. The van der Waals surface area contributed by atoms with Crippen LogP contribution >= 0.6 is 21.6 Å². The van der Waals surface area contributed by atoms with Crippen molar-refractivity contribution in [2.45, 2.75) is 12.2 Å². The summed E-state index contributed by atoms with van der Waals surface area (Å²) >= 11 is 0. The van der Waals surface area contributed by atoms with E-state index >= 15 is 0 Å². The Balaban J connectivity index is 3.52. The van der Waals surface area contributed by atoms with Crippen molar-refractivity contribution in [2.75, 3.05) is 12.0 Å². The molecule has 0 aromatic heterocycles. The summed E-state index contributed by atoms with van der Waals surface area (Å²) in [6.07, 6.45) is -2.53. The van der Waals surface area contributed by atoms with Crippen LogP contribution in [0.4, 0.5) is 13.2 Å². The summed E-state index contributed by atoms with van der Waals surface area (Å²) < 4.78 is 34.9. The van der Waals surface area contributed by atoms with Gasteiger partial charge in [0.15, 0.2) is 0 Å². The molecule has 2 N–H and O–H groups in total. The fourth-order valence-corrected chi connectivity index (χ4v) is 1.56. The van der Waals surface area contributed by atoms with Gasteiger partial charge >= 0.3 is 6.18 Å². The van der Waals surface area contributed by atoms with E-state index in [2.05, 4.69) is 0 Å². The smallest absolute Gasteiger partial charge is 0.319 e. The Bertz CT molecular complexity index is 95.0. The Morgan fingerprint density at radius 3 is 2.30 bits per heavy atom. The Morgan fingerprint density at radius 2 is 2.00 bits per heavy atom. The van der Waals surface area contributed by atoms with E-state index in [0.29, 0.717) is 0 Å². The van der Waals surface area contributed by atoms with E-state index in [1.165, 1.54) is 10.8 Å². The number of alkyl halides is 3. The van der Waals surface area contributed by atoms with E-state index < -0.39 is 12.2 Å². The SMILES string of the molecule is CSSCC(N)C(F)(F)F. The van der Waals surface area contributed by atoms with Crippen LogP contribution in [0.25, 0.3) is 0 Å². The number of nitrogens with two attached hydrogens (primary N) is 1. The summed E-state index contributed by atoms with van der Waals surface area (Å²) in [5.74, 6) is -0.0787. The van der Waals surface area contributed by atoms with E-state index in [1.807, 2.05) is 0 Å². The predicted molar refractivity (Wildman–Crippen MR) is 40.0 cm³/mol. The van der Waals surface area contributed by atoms with Gasteiger partial charge in [-0.2, -0.15) is 13.2 Å². The van der Waals surface area contributed by atoms with Crippen molar-refractivity contribution in [2.24, 2.45) is 5.73 Å². The van der Waals surface area contributed by atoms with E-state index in [4.69, 9.17) is 5.73 Å². The Hall–Kier alpha value is 0.450. The van der Waals surface area contributed by atoms with Crippen molar-refractivity contribution in [1.29, 1.82) is 0 Å². The highest BCUT2D eigenvalue weighted by Gasteiger charge is 2.36. The molecule has 0 aromatic rings. The summed E-state index contributed by atoms with van der Waals surface area (Å²) in [5, 5.41) is 0. The molecule has 0 fully saturated rings. The zero-order valence-electron chi connectivity index (χ0n) is 5.31. The van der Waals surface area contributed by atoms with Gasteiger partial charge in [-0.1, -0.05) is 21.6 Å². The van der Waals surface area contributed by atoms with Gasteiger partial charge in [0, 0.05) is 5.75 Å². The number of hydrogen-bond donors (Lipinski definition) is 1. The molecule has 0 aliphatic rings.